The fourth-order valence-corrected chi connectivity index (χ4v) is 2.18. The van der Waals surface area contributed by atoms with Gasteiger partial charge in [0.15, 0.2) is 0 Å². The van der Waals surface area contributed by atoms with E-state index in [-0.39, 0.29) is 6.42 Å². The SMILES string of the molecule is COP(=O)(Nc1ccc(C[C@H](N)C(=O)O)cc1)OC. The smallest absolute Gasteiger partial charge is 0.432 e. The molecule has 1 aromatic rings. The van der Waals surface area contributed by atoms with E-state index in [1.54, 1.807) is 24.3 Å². The maximum Gasteiger partial charge on any atom is 0.432 e. The second-order valence-corrected chi connectivity index (χ2v) is 5.77. The first-order valence-electron chi connectivity index (χ1n) is 5.47. The van der Waals surface area contributed by atoms with Crippen LogP contribution in [0.3, 0.4) is 0 Å². The van der Waals surface area contributed by atoms with Gasteiger partial charge in [0, 0.05) is 19.9 Å². The van der Waals surface area contributed by atoms with Gasteiger partial charge in [-0.1, -0.05) is 12.1 Å². The van der Waals surface area contributed by atoms with Crippen molar-refractivity contribution in [3.05, 3.63) is 29.8 Å². The molecule has 1 atom stereocenters. The maximum absolute atomic E-state index is 11.8. The van der Waals surface area contributed by atoms with Gasteiger partial charge in [-0.15, -0.1) is 0 Å². The van der Waals surface area contributed by atoms with Crippen molar-refractivity contribution >= 4 is 19.4 Å². The molecule has 0 spiro atoms. The molecule has 1 rings (SSSR count). The van der Waals surface area contributed by atoms with Crippen LogP contribution in [0, 0.1) is 0 Å². The van der Waals surface area contributed by atoms with Crippen LogP contribution < -0.4 is 10.8 Å². The molecule has 0 amide bonds. The molecule has 19 heavy (non-hydrogen) atoms. The third-order valence-corrected chi connectivity index (χ3v) is 3.97. The molecule has 0 fully saturated rings. The van der Waals surface area contributed by atoms with Gasteiger partial charge in [-0.25, -0.2) is 4.57 Å². The van der Waals surface area contributed by atoms with Gasteiger partial charge in [0.2, 0.25) is 0 Å². The van der Waals surface area contributed by atoms with Crippen molar-refractivity contribution in [3.8, 4) is 0 Å². The van der Waals surface area contributed by atoms with Crippen LogP contribution in [0.5, 0.6) is 0 Å². The van der Waals surface area contributed by atoms with Crippen LogP contribution in [-0.2, 0) is 24.8 Å². The Bertz CT molecular complexity index is 468. The molecule has 0 saturated carbocycles. The topological polar surface area (TPSA) is 111 Å². The average molecular weight is 288 g/mol. The molecule has 8 heteroatoms. The van der Waals surface area contributed by atoms with Gasteiger partial charge in [-0.2, -0.15) is 0 Å². The van der Waals surface area contributed by atoms with Crippen molar-refractivity contribution in [2.75, 3.05) is 19.3 Å². The first-order chi connectivity index (χ1) is 8.90. The lowest BCUT2D eigenvalue weighted by Crippen LogP contribution is -2.32. The summed E-state index contributed by atoms with van der Waals surface area (Å²) in [5.74, 6) is -1.05. The summed E-state index contributed by atoms with van der Waals surface area (Å²) in [6, 6.07) is 5.74. The molecule has 1 aromatic carbocycles. The predicted octanol–water partition coefficient (Wildman–Crippen LogP) is 1.45. The summed E-state index contributed by atoms with van der Waals surface area (Å²) in [5, 5.41) is 11.3. The van der Waals surface area contributed by atoms with Crippen molar-refractivity contribution in [3.63, 3.8) is 0 Å². The number of carbonyl (C=O) groups is 1. The zero-order valence-corrected chi connectivity index (χ0v) is 11.6. The third-order valence-electron chi connectivity index (χ3n) is 2.47. The molecule has 7 nitrogen and oxygen atoms in total. The number of anilines is 1. The quantitative estimate of drug-likeness (QED) is 0.651. The van der Waals surface area contributed by atoms with Crippen molar-refractivity contribution < 1.29 is 23.5 Å². The van der Waals surface area contributed by atoms with Crippen LogP contribution in [0.15, 0.2) is 24.3 Å². The molecular weight excluding hydrogens is 271 g/mol. The van der Waals surface area contributed by atoms with Crippen molar-refractivity contribution in [1.29, 1.82) is 0 Å². The van der Waals surface area contributed by atoms with Gasteiger partial charge in [0.25, 0.3) is 0 Å². The van der Waals surface area contributed by atoms with E-state index in [1.165, 1.54) is 14.2 Å². The van der Waals surface area contributed by atoms with Crippen molar-refractivity contribution in [2.24, 2.45) is 5.73 Å². The fraction of sp³-hybridized carbons (Fsp3) is 0.364. The van der Waals surface area contributed by atoms with Crippen molar-refractivity contribution in [1.82, 2.24) is 0 Å². The molecule has 0 heterocycles. The first kappa shape index (κ1) is 15.7. The monoisotopic (exact) mass is 288 g/mol. The minimum atomic E-state index is -3.33. The van der Waals surface area contributed by atoms with E-state index >= 15 is 0 Å². The van der Waals surface area contributed by atoms with Crippen LogP contribution >= 0.6 is 7.75 Å². The predicted molar refractivity (Wildman–Crippen MR) is 71.0 cm³/mol. The van der Waals surface area contributed by atoms with E-state index in [1.807, 2.05) is 0 Å². The van der Waals surface area contributed by atoms with E-state index in [0.717, 1.165) is 5.56 Å². The Labute approximate surface area is 111 Å². The number of hydrogen-bond acceptors (Lipinski definition) is 5. The summed E-state index contributed by atoms with van der Waals surface area (Å²) in [6.45, 7) is 0. The zero-order valence-electron chi connectivity index (χ0n) is 10.7. The third kappa shape index (κ3) is 4.65. The van der Waals surface area contributed by atoms with Crippen LogP contribution in [0.25, 0.3) is 0 Å². The van der Waals surface area contributed by atoms with E-state index in [2.05, 4.69) is 5.09 Å². The summed E-state index contributed by atoms with van der Waals surface area (Å²) in [5.41, 5.74) is 6.74. The molecule has 0 unspecified atom stereocenters. The Balaban J connectivity index is 2.72. The molecule has 0 aliphatic heterocycles. The van der Waals surface area contributed by atoms with Gasteiger partial charge < -0.3 is 10.8 Å². The van der Waals surface area contributed by atoms with Gasteiger partial charge in [0.05, 0.1) is 0 Å². The number of nitrogens with one attached hydrogen (secondary N) is 1. The van der Waals surface area contributed by atoms with Crippen LogP contribution in [0.1, 0.15) is 5.56 Å². The highest BCUT2D eigenvalue weighted by Gasteiger charge is 2.20. The molecule has 0 aromatic heterocycles. The number of carboxylic acid groups (broad SMARTS) is 1. The maximum atomic E-state index is 11.8. The number of benzene rings is 1. The zero-order chi connectivity index (χ0) is 14.5. The van der Waals surface area contributed by atoms with E-state index < -0.39 is 19.8 Å². The number of carboxylic acids is 1. The molecule has 0 radical (unpaired) electrons. The van der Waals surface area contributed by atoms with Gasteiger partial charge in [-0.05, 0) is 24.1 Å². The second kappa shape index (κ2) is 6.68. The normalized spacial score (nSPS) is 13.0. The average Bonchev–Trinajstić information content (AvgIpc) is 2.40. The van der Waals surface area contributed by atoms with Crippen LogP contribution in [-0.4, -0.2) is 31.3 Å². The lowest BCUT2D eigenvalue weighted by atomic mass is 10.1. The molecular formula is C11H17N2O5P. The Hall–Kier alpha value is -1.40. The lowest BCUT2D eigenvalue weighted by Gasteiger charge is -2.16. The van der Waals surface area contributed by atoms with Crippen LogP contribution in [0.2, 0.25) is 0 Å². The summed E-state index contributed by atoms with van der Waals surface area (Å²) < 4.78 is 21.3. The molecule has 106 valence electrons. The van der Waals surface area contributed by atoms with Crippen molar-refractivity contribution in [2.45, 2.75) is 12.5 Å². The summed E-state index contributed by atoms with van der Waals surface area (Å²) in [6.07, 6.45) is 0.224. The minimum Gasteiger partial charge on any atom is -0.480 e. The largest absolute Gasteiger partial charge is 0.480 e. The molecule has 0 aliphatic carbocycles. The van der Waals surface area contributed by atoms with Crippen LogP contribution in [0.4, 0.5) is 5.69 Å². The Morgan fingerprint density at radius 2 is 1.89 bits per heavy atom. The van der Waals surface area contributed by atoms with Gasteiger partial charge >= 0.3 is 13.7 Å². The molecule has 4 N–H and O–H groups in total. The highest BCUT2D eigenvalue weighted by Crippen LogP contribution is 2.45. The number of rotatable bonds is 7. The highest BCUT2D eigenvalue weighted by atomic mass is 31.2. The summed E-state index contributed by atoms with van der Waals surface area (Å²) in [4.78, 5) is 10.6. The fourth-order valence-electron chi connectivity index (χ4n) is 1.38. The minimum absolute atomic E-state index is 0.224. The first-order valence-corrected chi connectivity index (χ1v) is 7.01. The number of hydrogen-bond donors (Lipinski definition) is 3. The molecule has 0 aliphatic rings. The second-order valence-electron chi connectivity index (χ2n) is 3.82. The Morgan fingerprint density at radius 3 is 2.32 bits per heavy atom. The summed E-state index contributed by atoms with van der Waals surface area (Å²) in [7, 11) is -0.780. The Kier molecular flexibility index (Phi) is 5.50. The highest BCUT2D eigenvalue weighted by molar-refractivity contribution is 7.55. The molecule has 0 bridgehead atoms. The number of aliphatic carboxylic acids is 1. The Morgan fingerprint density at radius 1 is 1.37 bits per heavy atom. The van der Waals surface area contributed by atoms with Gasteiger partial charge in [0.1, 0.15) is 6.04 Å². The standard InChI is InChI=1S/C11H17N2O5P/c1-17-19(16,18-2)13-9-5-3-8(4-6-9)7-10(12)11(14)15/h3-6,10H,7,12H2,1-2H3,(H,13,16)(H,14,15)/t10-/m0/s1. The van der Waals surface area contributed by atoms with E-state index in [9.17, 15) is 9.36 Å². The number of nitrogens with two attached hydrogens (primary N) is 1. The van der Waals surface area contributed by atoms with Gasteiger partial charge in [-0.3, -0.25) is 18.9 Å². The van der Waals surface area contributed by atoms with E-state index in [4.69, 9.17) is 19.9 Å². The summed E-state index contributed by atoms with van der Waals surface area (Å²) >= 11 is 0. The molecule has 0 saturated heterocycles. The van der Waals surface area contributed by atoms with E-state index in [0.29, 0.717) is 5.69 Å². The lowest BCUT2D eigenvalue weighted by molar-refractivity contribution is -0.138.